The number of rotatable bonds is 3. The van der Waals surface area contributed by atoms with Crippen molar-refractivity contribution in [1.82, 2.24) is 0 Å². The van der Waals surface area contributed by atoms with Crippen LogP contribution in [0.25, 0.3) is 0 Å². The standard InChI is InChI=1S/C12H9F4NO3/c13-8-5-3-4-17(6(18)1-2-7(19)20)12(5)11(16)10(15)9(8)14/h1-4H2,(H,19,20). The smallest absolute Gasteiger partial charge is 0.303 e. The average Bonchev–Trinajstić information content (AvgIpc) is 2.85. The zero-order valence-electron chi connectivity index (χ0n) is 10.1. The number of carboxylic acid groups (broad SMARTS) is 1. The van der Waals surface area contributed by atoms with Crippen LogP contribution in [0.3, 0.4) is 0 Å². The zero-order valence-corrected chi connectivity index (χ0v) is 10.1. The van der Waals surface area contributed by atoms with Crippen LogP contribution in [0.4, 0.5) is 23.2 Å². The number of fused-ring (bicyclic) bond motifs is 1. The van der Waals surface area contributed by atoms with Gasteiger partial charge in [-0.3, -0.25) is 9.59 Å². The van der Waals surface area contributed by atoms with Crippen LogP contribution in [0.5, 0.6) is 0 Å². The van der Waals surface area contributed by atoms with E-state index in [2.05, 4.69) is 0 Å². The maximum absolute atomic E-state index is 13.7. The molecule has 1 N–H and O–H groups in total. The Hall–Kier alpha value is -2.12. The van der Waals surface area contributed by atoms with Gasteiger partial charge in [-0.15, -0.1) is 0 Å². The molecule has 1 aliphatic rings. The number of halogens is 4. The van der Waals surface area contributed by atoms with Gasteiger partial charge in [-0.1, -0.05) is 0 Å². The van der Waals surface area contributed by atoms with Gasteiger partial charge < -0.3 is 10.0 Å². The van der Waals surface area contributed by atoms with Gasteiger partial charge in [0.2, 0.25) is 5.91 Å². The second-order valence-corrected chi connectivity index (χ2v) is 4.27. The second kappa shape index (κ2) is 5.10. The Kier molecular flexibility index (Phi) is 3.65. The number of aliphatic carboxylic acids is 1. The van der Waals surface area contributed by atoms with Crippen molar-refractivity contribution in [3.05, 3.63) is 28.8 Å². The molecule has 0 fully saturated rings. The summed E-state index contributed by atoms with van der Waals surface area (Å²) in [5.74, 6) is -9.07. The average molecular weight is 291 g/mol. The third-order valence-corrected chi connectivity index (χ3v) is 3.05. The van der Waals surface area contributed by atoms with E-state index in [4.69, 9.17) is 5.11 Å². The van der Waals surface area contributed by atoms with Gasteiger partial charge in [0.25, 0.3) is 0 Å². The van der Waals surface area contributed by atoms with Crippen LogP contribution < -0.4 is 4.90 Å². The number of benzene rings is 1. The summed E-state index contributed by atoms with van der Waals surface area (Å²) in [7, 11) is 0. The van der Waals surface area contributed by atoms with Crippen molar-refractivity contribution in [2.24, 2.45) is 0 Å². The molecule has 0 bridgehead atoms. The lowest BCUT2D eigenvalue weighted by Crippen LogP contribution is -2.30. The highest BCUT2D eigenvalue weighted by atomic mass is 19.2. The highest BCUT2D eigenvalue weighted by molar-refractivity contribution is 5.96. The third-order valence-electron chi connectivity index (χ3n) is 3.05. The summed E-state index contributed by atoms with van der Waals surface area (Å²) in [6, 6.07) is 0. The number of carbonyl (C=O) groups is 2. The van der Waals surface area contributed by atoms with E-state index in [1.54, 1.807) is 0 Å². The Morgan fingerprint density at radius 2 is 1.60 bits per heavy atom. The quantitative estimate of drug-likeness (QED) is 0.526. The number of carbonyl (C=O) groups excluding carboxylic acids is 1. The first-order valence-corrected chi connectivity index (χ1v) is 5.71. The molecule has 1 amide bonds. The second-order valence-electron chi connectivity index (χ2n) is 4.27. The summed E-state index contributed by atoms with van der Waals surface area (Å²) in [6.07, 6.45) is -1.08. The van der Waals surface area contributed by atoms with Crippen LogP contribution in [-0.2, 0) is 16.0 Å². The van der Waals surface area contributed by atoms with E-state index < -0.39 is 59.2 Å². The van der Waals surface area contributed by atoms with Gasteiger partial charge in [-0.2, -0.15) is 0 Å². The van der Waals surface area contributed by atoms with E-state index in [1.807, 2.05) is 0 Å². The fourth-order valence-electron chi connectivity index (χ4n) is 2.11. The molecule has 1 heterocycles. The Balaban J connectivity index is 2.38. The first-order valence-electron chi connectivity index (χ1n) is 5.71. The van der Waals surface area contributed by atoms with E-state index in [-0.39, 0.29) is 13.0 Å². The van der Waals surface area contributed by atoms with Crippen LogP contribution in [0.2, 0.25) is 0 Å². The minimum atomic E-state index is -1.99. The molecule has 0 unspecified atom stereocenters. The maximum atomic E-state index is 13.7. The Labute approximate surface area is 110 Å². The summed E-state index contributed by atoms with van der Waals surface area (Å²) < 4.78 is 53.4. The highest BCUT2D eigenvalue weighted by Crippen LogP contribution is 2.36. The van der Waals surface area contributed by atoms with E-state index in [1.165, 1.54) is 0 Å². The van der Waals surface area contributed by atoms with Gasteiger partial charge in [0.15, 0.2) is 23.3 Å². The minimum absolute atomic E-state index is 0.148. The molecule has 0 radical (unpaired) electrons. The van der Waals surface area contributed by atoms with Gasteiger partial charge in [-0.25, -0.2) is 17.6 Å². The first-order chi connectivity index (χ1) is 9.34. The normalized spacial score (nSPS) is 13.5. The van der Waals surface area contributed by atoms with Crippen LogP contribution >= 0.6 is 0 Å². The van der Waals surface area contributed by atoms with Crippen molar-refractivity contribution in [3.63, 3.8) is 0 Å². The summed E-state index contributed by atoms with van der Waals surface area (Å²) in [5, 5.41) is 8.47. The number of hydrogen-bond donors (Lipinski definition) is 1. The zero-order chi connectivity index (χ0) is 15.0. The topological polar surface area (TPSA) is 57.6 Å². The molecule has 4 nitrogen and oxygen atoms in total. The van der Waals surface area contributed by atoms with Crippen molar-refractivity contribution in [1.29, 1.82) is 0 Å². The summed E-state index contributed by atoms with van der Waals surface area (Å²) in [5.41, 5.74) is -1.05. The maximum Gasteiger partial charge on any atom is 0.303 e. The largest absolute Gasteiger partial charge is 0.481 e. The molecular weight excluding hydrogens is 282 g/mol. The van der Waals surface area contributed by atoms with Gasteiger partial charge in [0, 0.05) is 18.5 Å². The van der Waals surface area contributed by atoms with Crippen LogP contribution in [0.1, 0.15) is 18.4 Å². The van der Waals surface area contributed by atoms with E-state index in [9.17, 15) is 27.2 Å². The molecule has 1 aliphatic heterocycles. The molecule has 20 heavy (non-hydrogen) atoms. The highest BCUT2D eigenvalue weighted by Gasteiger charge is 2.35. The van der Waals surface area contributed by atoms with Gasteiger partial charge in [-0.05, 0) is 6.42 Å². The van der Waals surface area contributed by atoms with Crippen LogP contribution in [0.15, 0.2) is 0 Å². The molecule has 0 saturated carbocycles. The Morgan fingerprint density at radius 1 is 1.00 bits per heavy atom. The molecule has 0 atom stereocenters. The van der Waals surface area contributed by atoms with Gasteiger partial charge >= 0.3 is 5.97 Å². The van der Waals surface area contributed by atoms with Crippen molar-refractivity contribution >= 4 is 17.6 Å². The van der Waals surface area contributed by atoms with Gasteiger partial charge in [0.05, 0.1) is 12.1 Å². The molecule has 0 spiro atoms. The minimum Gasteiger partial charge on any atom is -0.481 e. The van der Waals surface area contributed by atoms with Crippen LogP contribution in [0, 0.1) is 23.3 Å². The molecule has 0 aliphatic carbocycles. The molecule has 1 aromatic carbocycles. The molecule has 2 rings (SSSR count). The predicted molar refractivity (Wildman–Crippen MR) is 59.2 cm³/mol. The van der Waals surface area contributed by atoms with Crippen molar-refractivity contribution < 1.29 is 32.3 Å². The lowest BCUT2D eigenvalue weighted by molar-refractivity contribution is -0.138. The lowest BCUT2D eigenvalue weighted by atomic mass is 10.1. The van der Waals surface area contributed by atoms with E-state index >= 15 is 0 Å². The van der Waals surface area contributed by atoms with Crippen molar-refractivity contribution in [2.75, 3.05) is 11.4 Å². The first kappa shape index (κ1) is 14.3. The molecule has 108 valence electrons. The van der Waals surface area contributed by atoms with Crippen molar-refractivity contribution in [3.8, 4) is 0 Å². The lowest BCUT2D eigenvalue weighted by Gasteiger charge is -2.18. The fraction of sp³-hybridized carbons (Fsp3) is 0.333. The fourth-order valence-corrected chi connectivity index (χ4v) is 2.11. The number of amides is 1. The number of nitrogens with zero attached hydrogens (tertiary/aromatic N) is 1. The van der Waals surface area contributed by atoms with E-state index in [0.717, 1.165) is 4.90 Å². The Bertz CT molecular complexity index is 603. The summed E-state index contributed by atoms with van der Waals surface area (Å²) in [4.78, 5) is 22.8. The third kappa shape index (κ3) is 2.21. The summed E-state index contributed by atoms with van der Waals surface area (Å²) >= 11 is 0. The monoisotopic (exact) mass is 291 g/mol. The van der Waals surface area contributed by atoms with Crippen LogP contribution in [-0.4, -0.2) is 23.5 Å². The summed E-state index contributed by atoms with van der Waals surface area (Å²) in [6.45, 7) is -0.148. The molecular formula is C12H9F4NO3. The number of hydrogen-bond acceptors (Lipinski definition) is 2. The predicted octanol–water partition coefficient (Wildman–Crippen LogP) is 2.00. The molecule has 1 aromatic rings. The Morgan fingerprint density at radius 3 is 2.20 bits per heavy atom. The number of carboxylic acids is 1. The SMILES string of the molecule is O=C(O)CCC(=O)N1CCc2c(F)c(F)c(F)c(F)c21. The van der Waals surface area contributed by atoms with Crippen molar-refractivity contribution in [2.45, 2.75) is 19.3 Å². The molecule has 8 heteroatoms. The number of anilines is 1. The van der Waals surface area contributed by atoms with Gasteiger partial charge in [0.1, 0.15) is 0 Å². The molecule has 0 aromatic heterocycles. The van der Waals surface area contributed by atoms with E-state index in [0.29, 0.717) is 0 Å². The molecule has 0 saturated heterocycles.